The van der Waals surface area contributed by atoms with Gasteiger partial charge in [-0.3, -0.25) is 14.4 Å². The third-order valence-corrected chi connectivity index (χ3v) is 6.93. The van der Waals surface area contributed by atoms with E-state index in [4.69, 9.17) is 28.4 Å². The number of hydrogen-bond acceptors (Lipinski definition) is 9. The molecule has 0 aromatic carbocycles. The minimum atomic E-state index is -0.895. The first-order valence-corrected chi connectivity index (χ1v) is 10.8. The highest BCUT2D eigenvalue weighted by molar-refractivity contribution is 5.87. The van der Waals surface area contributed by atoms with Crippen molar-refractivity contribution in [2.24, 2.45) is 22.2 Å². The van der Waals surface area contributed by atoms with E-state index >= 15 is 0 Å². The van der Waals surface area contributed by atoms with Crippen molar-refractivity contribution in [3.63, 3.8) is 0 Å². The first kappa shape index (κ1) is 23.9. The summed E-state index contributed by atoms with van der Waals surface area (Å²) in [7, 11) is 4.61. The van der Waals surface area contributed by atoms with Crippen molar-refractivity contribution in [3.8, 4) is 0 Å². The molecule has 0 N–H and O–H groups in total. The molecule has 0 radical (unpaired) electrons. The molecule has 4 fully saturated rings. The van der Waals surface area contributed by atoms with Gasteiger partial charge >= 0.3 is 17.9 Å². The van der Waals surface area contributed by atoms with Gasteiger partial charge in [0.1, 0.15) is 19.8 Å². The van der Waals surface area contributed by atoms with Crippen molar-refractivity contribution in [2.75, 3.05) is 61.0 Å². The summed E-state index contributed by atoms with van der Waals surface area (Å²) >= 11 is 0. The standard InChI is InChI=1S/C22H34O9/c1-26-4-7-29-17(23)20-10-16-11-21(13-20,18(24)30-8-5-27-2)15-22(12-16,14-20)19(25)31-9-6-28-3/h16H,4-15H2,1-3H3. The second-order valence-electron chi connectivity index (χ2n) is 9.24. The van der Waals surface area contributed by atoms with Crippen molar-refractivity contribution in [1.82, 2.24) is 0 Å². The summed E-state index contributed by atoms with van der Waals surface area (Å²) in [4.78, 5) is 39.6. The summed E-state index contributed by atoms with van der Waals surface area (Å²) in [5.41, 5.74) is -2.69. The summed E-state index contributed by atoms with van der Waals surface area (Å²) in [5.74, 6) is -1.04. The normalized spacial score (nSPS) is 33.2. The minimum absolute atomic E-state index is 0.0520. The SMILES string of the molecule is COCCOC(=O)C12CC3CC(C(=O)OCCOC)(C1)CC(C(=O)OCCOC)(C3)C2. The van der Waals surface area contributed by atoms with Crippen LogP contribution in [0.2, 0.25) is 0 Å². The van der Waals surface area contributed by atoms with Crippen molar-refractivity contribution < 1.29 is 42.8 Å². The average Bonchev–Trinajstić information content (AvgIpc) is 2.73. The molecule has 4 aliphatic carbocycles. The summed E-state index contributed by atoms with van der Waals surface area (Å²) in [6.45, 7) is 1.29. The molecule has 0 heterocycles. The van der Waals surface area contributed by atoms with E-state index in [1.807, 2.05) is 0 Å². The Morgan fingerprint density at radius 3 is 1.13 bits per heavy atom. The zero-order valence-corrected chi connectivity index (χ0v) is 18.7. The average molecular weight is 443 g/mol. The number of rotatable bonds is 12. The third-order valence-electron chi connectivity index (χ3n) is 6.93. The molecule has 176 valence electrons. The Kier molecular flexibility index (Phi) is 7.59. The van der Waals surface area contributed by atoms with Gasteiger partial charge in [-0.05, 0) is 44.4 Å². The molecule has 0 aliphatic heterocycles. The Labute approximate surface area is 183 Å². The van der Waals surface area contributed by atoms with E-state index in [0.29, 0.717) is 58.3 Å². The number of carbonyl (C=O) groups excluding carboxylic acids is 3. The lowest BCUT2D eigenvalue weighted by atomic mass is 9.39. The van der Waals surface area contributed by atoms with Crippen molar-refractivity contribution in [2.45, 2.75) is 38.5 Å². The fraction of sp³-hybridized carbons (Fsp3) is 0.864. The van der Waals surface area contributed by atoms with Crippen LogP contribution in [0.5, 0.6) is 0 Å². The maximum atomic E-state index is 13.2. The van der Waals surface area contributed by atoms with E-state index < -0.39 is 16.2 Å². The molecule has 0 spiro atoms. The van der Waals surface area contributed by atoms with Crippen LogP contribution in [0.1, 0.15) is 38.5 Å². The molecule has 0 aromatic rings. The van der Waals surface area contributed by atoms with Crippen LogP contribution in [0.4, 0.5) is 0 Å². The van der Waals surface area contributed by atoms with Crippen LogP contribution in [-0.2, 0) is 42.8 Å². The Morgan fingerprint density at radius 2 is 0.871 bits per heavy atom. The molecule has 4 bridgehead atoms. The molecule has 4 rings (SSSR count). The lowest BCUT2D eigenvalue weighted by Gasteiger charge is -2.63. The third kappa shape index (κ3) is 4.73. The number of esters is 3. The summed E-state index contributed by atoms with van der Waals surface area (Å²) in [6, 6.07) is 0. The van der Waals surface area contributed by atoms with Gasteiger partial charge < -0.3 is 28.4 Å². The van der Waals surface area contributed by atoms with Gasteiger partial charge in [0.05, 0.1) is 36.1 Å². The maximum Gasteiger partial charge on any atom is 0.312 e. The molecule has 0 saturated heterocycles. The highest BCUT2D eigenvalue weighted by atomic mass is 16.6. The van der Waals surface area contributed by atoms with Gasteiger partial charge in [-0.2, -0.15) is 0 Å². The van der Waals surface area contributed by atoms with Gasteiger partial charge in [0.15, 0.2) is 0 Å². The lowest BCUT2D eigenvalue weighted by Crippen LogP contribution is -2.64. The summed E-state index contributed by atoms with van der Waals surface area (Å²) < 4.78 is 31.5. The molecular weight excluding hydrogens is 408 g/mol. The predicted octanol–water partition coefficient (Wildman–Crippen LogP) is 1.51. The van der Waals surface area contributed by atoms with E-state index in [1.165, 1.54) is 21.3 Å². The molecule has 0 unspecified atom stereocenters. The maximum absolute atomic E-state index is 13.2. The summed E-state index contributed by atoms with van der Waals surface area (Å²) in [6.07, 6.45) is 2.83. The Hall–Kier alpha value is -1.71. The molecule has 9 nitrogen and oxygen atoms in total. The Bertz CT molecular complexity index is 578. The largest absolute Gasteiger partial charge is 0.463 e. The molecule has 4 aliphatic rings. The smallest absolute Gasteiger partial charge is 0.312 e. The molecular formula is C22H34O9. The molecule has 4 saturated carbocycles. The van der Waals surface area contributed by atoms with Gasteiger partial charge in [0.25, 0.3) is 0 Å². The van der Waals surface area contributed by atoms with E-state index in [0.717, 1.165) is 0 Å². The van der Waals surface area contributed by atoms with E-state index in [-0.39, 0.29) is 43.6 Å². The quantitative estimate of drug-likeness (QED) is 0.252. The second kappa shape index (κ2) is 9.83. The number of carbonyl (C=O) groups is 3. The number of methoxy groups -OCH3 is 3. The Morgan fingerprint density at radius 1 is 0.581 bits per heavy atom. The van der Waals surface area contributed by atoms with Crippen LogP contribution < -0.4 is 0 Å². The first-order chi connectivity index (χ1) is 14.9. The van der Waals surface area contributed by atoms with Crippen LogP contribution in [0, 0.1) is 22.2 Å². The van der Waals surface area contributed by atoms with E-state index in [2.05, 4.69) is 0 Å². The highest BCUT2D eigenvalue weighted by Crippen LogP contribution is 2.70. The molecule has 31 heavy (non-hydrogen) atoms. The van der Waals surface area contributed by atoms with Crippen molar-refractivity contribution >= 4 is 17.9 Å². The lowest BCUT2D eigenvalue weighted by molar-refractivity contribution is -0.216. The molecule has 9 heteroatoms. The van der Waals surface area contributed by atoms with Crippen LogP contribution in [0.25, 0.3) is 0 Å². The molecule has 0 atom stereocenters. The van der Waals surface area contributed by atoms with Crippen LogP contribution in [0.15, 0.2) is 0 Å². The fourth-order valence-corrected chi connectivity index (χ4v) is 6.23. The van der Waals surface area contributed by atoms with Gasteiger partial charge in [-0.1, -0.05) is 0 Å². The topological polar surface area (TPSA) is 107 Å². The fourth-order valence-electron chi connectivity index (χ4n) is 6.23. The number of ether oxygens (including phenoxy) is 6. The zero-order chi connectivity index (χ0) is 22.5. The minimum Gasteiger partial charge on any atom is -0.463 e. The number of hydrogen-bond donors (Lipinski definition) is 0. The second-order valence-corrected chi connectivity index (χ2v) is 9.24. The van der Waals surface area contributed by atoms with Gasteiger partial charge in [-0.15, -0.1) is 0 Å². The van der Waals surface area contributed by atoms with Crippen molar-refractivity contribution in [3.05, 3.63) is 0 Å². The van der Waals surface area contributed by atoms with Crippen molar-refractivity contribution in [1.29, 1.82) is 0 Å². The first-order valence-electron chi connectivity index (χ1n) is 10.8. The zero-order valence-electron chi connectivity index (χ0n) is 18.7. The highest BCUT2D eigenvalue weighted by Gasteiger charge is 2.71. The van der Waals surface area contributed by atoms with Gasteiger partial charge in [0, 0.05) is 21.3 Å². The van der Waals surface area contributed by atoms with Crippen LogP contribution in [-0.4, -0.2) is 78.9 Å². The summed E-state index contributed by atoms with van der Waals surface area (Å²) in [5, 5.41) is 0. The van der Waals surface area contributed by atoms with Gasteiger partial charge in [0.2, 0.25) is 0 Å². The molecule has 0 amide bonds. The molecule has 0 aromatic heterocycles. The Balaban J connectivity index is 1.87. The van der Waals surface area contributed by atoms with Crippen LogP contribution in [0.3, 0.4) is 0 Å². The van der Waals surface area contributed by atoms with E-state index in [9.17, 15) is 14.4 Å². The predicted molar refractivity (Wildman–Crippen MR) is 107 cm³/mol. The van der Waals surface area contributed by atoms with Gasteiger partial charge in [-0.25, -0.2) is 0 Å². The van der Waals surface area contributed by atoms with E-state index in [1.54, 1.807) is 0 Å². The monoisotopic (exact) mass is 442 g/mol. The van der Waals surface area contributed by atoms with Crippen LogP contribution >= 0.6 is 0 Å².